The van der Waals surface area contributed by atoms with Crippen LogP contribution in [0.2, 0.25) is 0 Å². The molecule has 4 rings (SSSR count). The molecule has 1 aromatic carbocycles. The van der Waals surface area contributed by atoms with Crippen LogP contribution in [0.5, 0.6) is 5.75 Å². The number of hydrogen-bond acceptors (Lipinski definition) is 6. The van der Waals surface area contributed by atoms with Gasteiger partial charge in [0.2, 0.25) is 0 Å². The summed E-state index contributed by atoms with van der Waals surface area (Å²) in [5, 5.41) is 12.0. The van der Waals surface area contributed by atoms with Crippen LogP contribution in [0.4, 0.5) is 0 Å². The number of rotatable bonds is 5. The van der Waals surface area contributed by atoms with E-state index >= 15 is 0 Å². The van der Waals surface area contributed by atoms with Gasteiger partial charge in [0.25, 0.3) is 5.91 Å². The van der Waals surface area contributed by atoms with Gasteiger partial charge in [-0.15, -0.1) is 10.2 Å². The summed E-state index contributed by atoms with van der Waals surface area (Å²) in [5.74, 6) is 1.97. The zero-order chi connectivity index (χ0) is 18.6. The zero-order valence-corrected chi connectivity index (χ0v) is 14.8. The molecule has 0 aliphatic carbocycles. The van der Waals surface area contributed by atoms with Crippen LogP contribution >= 0.6 is 0 Å². The largest absolute Gasteiger partial charge is 0.484 e. The van der Waals surface area contributed by atoms with Crippen molar-refractivity contribution in [2.45, 2.75) is 38.8 Å². The predicted molar refractivity (Wildman–Crippen MR) is 97.4 cm³/mol. The van der Waals surface area contributed by atoms with Gasteiger partial charge in [-0.3, -0.25) is 4.79 Å². The van der Waals surface area contributed by atoms with Crippen LogP contribution in [0.15, 0.2) is 39.5 Å². The molecule has 8 heteroatoms. The second-order valence-corrected chi connectivity index (χ2v) is 6.51. The second-order valence-electron chi connectivity index (χ2n) is 6.51. The van der Waals surface area contributed by atoms with E-state index in [0.29, 0.717) is 17.9 Å². The van der Waals surface area contributed by atoms with Gasteiger partial charge in [-0.25, -0.2) is 4.79 Å². The van der Waals surface area contributed by atoms with Crippen molar-refractivity contribution in [1.29, 1.82) is 0 Å². The molecule has 1 amide bonds. The third kappa shape index (κ3) is 3.99. The SMILES string of the molecule is O=C(COc1ccc2ccc(=O)oc2c1)NCc1nnc2n1CCCCC2. The van der Waals surface area contributed by atoms with Crippen LogP contribution in [0, 0.1) is 0 Å². The van der Waals surface area contributed by atoms with Gasteiger partial charge >= 0.3 is 5.63 Å². The molecule has 0 fully saturated rings. The van der Waals surface area contributed by atoms with E-state index in [1.54, 1.807) is 24.3 Å². The van der Waals surface area contributed by atoms with Gasteiger partial charge in [-0.05, 0) is 31.0 Å². The maximum Gasteiger partial charge on any atom is 0.336 e. The summed E-state index contributed by atoms with van der Waals surface area (Å²) in [6, 6.07) is 8.15. The van der Waals surface area contributed by atoms with Crippen molar-refractivity contribution < 1.29 is 13.9 Å². The Kier molecular flexibility index (Phi) is 4.86. The number of ether oxygens (including phenoxy) is 1. The van der Waals surface area contributed by atoms with Crippen LogP contribution in [0.3, 0.4) is 0 Å². The van der Waals surface area contributed by atoms with Crippen LogP contribution < -0.4 is 15.7 Å². The summed E-state index contributed by atoms with van der Waals surface area (Å²) < 4.78 is 12.7. The van der Waals surface area contributed by atoms with E-state index in [-0.39, 0.29) is 12.5 Å². The molecule has 1 N–H and O–H groups in total. The molecule has 3 heterocycles. The first kappa shape index (κ1) is 17.3. The fourth-order valence-corrected chi connectivity index (χ4v) is 3.18. The summed E-state index contributed by atoms with van der Waals surface area (Å²) >= 11 is 0. The number of nitrogens with one attached hydrogen (secondary N) is 1. The van der Waals surface area contributed by atoms with Crippen molar-refractivity contribution >= 4 is 16.9 Å². The first-order chi connectivity index (χ1) is 13.2. The van der Waals surface area contributed by atoms with Gasteiger partial charge in [0.15, 0.2) is 12.4 Å². The Bertz CT molecular complexity index is 1020. The number of fused-ring (bicyclic) bond motifs is 2. The fourth-order valence-electron chi connectivity index (χ4n) is 3.18. The Hall–Kier alpha value is -3.16. The molecule has 0 atom stereocenters. The minimum Gasteiger partial charge on any atom is -0.484 e. The van der Waals surface area contributed by atoms with Gasteiger partial charge in [-0.2, -0.15) is 0 Å². The highest BCUT2D eigenvalue weighted by molar-refractivity contribution is 5.79. The monoisotopic (exact) mass is 368 g/mol. The van der Waals surface area contributed by atoms with Crippen LogP contribution in [0.25, 0.3) is 11.0 Å². The van der Waals surface area contributed by atoms with Gasteiger partial charge in [0.05, 0.1) is 6.54 Å². The lowest BCUT2D eigenvalue weighted by Crippen LogP contribution is -2.29. The molecular weight excluding hydrogens is 348 g/mol. The molecule has 3 aromatic rings. The number of hydrogen-bond donors (Lipinski definition) is 1. The third-order valence-corrected chi connectivity index (χ3v) is 4.59. The van der Waals surface area contributed by atoms with Crippen molar-refractivity contribution in [1.82, 2.24) is 20.1 Å². The van der Waals surface area contributed by atoms with Crippen molar-refractivity contribution in [2.24, 2.45) is 0 Å². The summed E-state index contributed by atoms with van der Waals surface area (Å²) in [6.45, 7) is 1.08. The van der Waals surface area contributed by atoms with E-state index < -0.39 is 5.63 Å². The number of benzene rings is 1. The average molecular weight is 368 g/mol. The van der Waals surface area contributed by atoms with Gasteiger partial charge in [-0.1, -0.05) is 6.42 Å². The molecule has 0 saturated carbocycles. The summed E-state index contributed by atoms with van der Waals surface area (Å²) in [5.41, 5.74) is -0.00334. The molecule has 2 aromatic heterocycles. The topological polar surface area (TPSA) is 99.2 Å². The highest BCUT2D eigenvalue weighted by Crippen LogP contribution is 2.19. The van der Waals surface area contributed by atoms with Gasteiger partial charge in [0, 0.05) is 30.5 Å². The maximum absolute atomic E-state index is 12.1. The molecule has 0 saturated heterocycles. The Morgan fingerprint density at radius 1 is 1.19 bits per heavy atom. The minimum atomic E-state index is -0.426. The number of carbonyl (C=O) groups is 1. The minimum absolute atomic E-state index is 0.135. The van der Waals surface area contributed by atoms with E-state index in [1.165, 1.54) is 12.5 Å². The van der Waals surface area contributed by atoms with Crippen LogP contribution in [-0.2, 0) is 24.3 Å². The smallest absolute Gasteiger partial charge is 0.336 e. The molecule has 8 nitrogen and oxygen atoms in total. The van der Waals surface area contributed by atoms with Crippen molar-refractivity contribution in [3.05, 3.63) is 52.4 Å². The van der Waals surface area contributed by atoms with Gasteiger partial charge in [0.1, 0.15) is 17.2 Å². The summed E-state index contributed by atoms with van der Waals surface area (Å²) in [6.07, 6.45) is 4.36. The van der Waals surface area contributed by atoms with E-state index in [1.807, 2.05) is 0 Å². The van der Waals surface area contributed by atoms with Crippen molar-refractivity contribution in [3.63, 3.8) is 0 Å². The lowest BCUT2D eigenvalue weighted by atomic mass is 10.2. The Morgan fingerprint density at radius 2 is 2.07 bits per heavy atom. The predicted octanol–water partition coefficient (Wildman–Crippen LogP) is 1.81. The van der Waals surface area contributed by atoms with E-state index in [9.17, 15) is 9.59 Å². The molecule has 140 valence electrons. The number of amides is 1. The molecular formula is C19H20N4O4. The van der Waals surface area contributed by atoms with Gasteiger partial charge < -0.3 is 19.0 Å². The lowest BCUT2D eigenvalue weighted by Gasteiger charge is -2.09. The second kappa shape index (κ2) is 7.61. The van der Waals surface area contributed by atoms with Crippen molar-refractivity contribution in [3.8, 4) is 5.75 Å². The molecule has 0 radical (unpaired) electrons. The lowest BCUT2D eigenvalue weighted by molar-refractivity contribution is -0.123. The first-order valence-corrected chi connectivity index (χ1v) is 9.03. The molecule has 1 aliphatic rings. The maximum atomic E-state index is 12.1. The molecule has 0 unspecified atom stereocenters. The zero-order valence-electron chi connectivity index (χ0n) is 14.8. The van der Waals surface area contributed by atoms with E-state index in [0.717, 1.165) is 42.8 Å². The summed E-state index contributed by atoms with van der Waals surface area (Å²) in [7, 11) is 0. The molecule has 1 aliphatic heterocycles. The Labute approximate surface area is 155 Å². The Morgan fingerprint density at radius 3 is 3.00 bits per heavy atom. The quantitative estimate of drug-likeness (QED) is 0.690. The Balaban J connectivity index is 1.34. The van der Waals surface area contributed by atoms with Crippen molar-refractivity contribution in [2.75, 3.05) is 6.61 Å². The fraction of sp³-hybridized carbons (Fsp3) is 0.368. The molecule has 27 heavy (non-hydrogen) atoms. The highest BCUT2D eigenvalue weighted by atomic mass is 16.5. The molecule has 0 bridgehead atoms. The first-order valence-electron chi connectivity index (χ1n) is 9.03. The number of carbonyl (C=O) groups excluding carboxylic acids is 1. The standard InChI is InChI=1S/C19H20N4O4/c24-18(20-11-17-22-21-16-4-2-1-3-9-23(16)17)12-26-14-7-5-13-6-8-19(25)27-15(13)10-14/h5-8,10H,1-4,9,11-12H2,(H,20,24). The molecule has 0 spiro atoms. The van der Waals surface area contributed by atoms with E-state index in [4.69, 9.17) is 9.15 Å². The van der Waals surface area contributed by atoms with Crippen LogP contribution in [-0.4, -0.2) is 27.3 Å². The third-order valence-electron chi connectivity index (χ3n) is 4.59. The number of aromatic nitrogens is 3. The highest BCUT2D eigenvalue weighted by Gasteiger charge is 2.15. The van der Waals surface area contributed by atoms with E-state index in [2.05, 4.69) is 20.1 Å². The number of aryl methyl sites for hydroxylation is 1. The number of nitrogens with zero attached hydrogens (tertiary/aromatic N) is 3. The average Bonchev–Trinajstić information content (AvgIpc) is 2.90. The van der Waals surface area contributed by atoms with Crippen LogP contribution in [0.1, 0.15) is 30.9 Å². The summed E-state index contributed by atoms with van der Waals surface area (Å²) in [4.78, 5) is 23.4. The normalized spacial score (nSPS) is 13.8.